The molecule has 1 atom stereocenters. The number of thiophene rings is 1. The van der Waals surface area contributed by atoms with E-state index in [4.69, 9.17) is 5.11 Å². The van der Waals surface area contributed by atoms with Crippen LogP contribution in [0.5, 0.6) is 0 Å². The van der Waals surface area contributed by atoms with Crippen molar-refractivity contribution >= 4 is 33.2 Å². The second-order valence-electron chi connectivity index (χ2n) is 4.55. The van der Waals surface area contributed by atoms with Gasteiger partial charge in [-0.25, -0.2) is 0 Å². The zero-order valence-electron chi connectivity index (χ0n) is 11.3. The van der Waals surface area contributed by atoms with Crippen molar-refractivity contribution in [2.24, 2.45) is 0 Å². The van der Waals surface area contributed by atoms with Crippen molar-refractivity contribution in [2.45, 2.75) is 19.4 Å². The van der Waals surface area contributed by atoms with Gasteiger partial charge in [-0.05, 0) is 36.6 Å². The molecule has 2 aromatic rings. The Morgan fingerprint density at radius 1 is 1.32 bits per heavy atom. The summed E-state index contributed by atoms with van der Waals surface area (Å²) in [6, 6.07) is 11.2. The Kier molecular flexibility index (Phi) is 6.17. The monoisotopic (exact) mass is 295 g/mol. The Balaban J connectivity index is 1.78. The van der Waals surface area contributed by atoms with Gasteiger partial charge in [-0.3, -0.25) is 0 Å². The van der Waals surface area contributed by atoms with E-state index in [1.54, 1.807) is 0 Å². The summed E-state index contributed by atoms with van der Waals surface area (Å²) in [4.78, 5) is 1.40. The SMILES string of the molecule is CC(NCCSCCCO)c1cc2ccccc2s1. The Labute approximate surface area is 123 Å². The second kappa shape index (κ2) is 7.90. The second-order valence-corrected chi connectivity index (χ2v) is 6.89. The number of benzene rings is 1. The van der Waals surface area contributed by atoms with E-state index in [9.17, 15) is 0 Å². The summed E-state index contributed by atoms with van der Waals surface area (Å²) in [5.41, 5.74) is 0. The number of aliphatic hydroxyl groups is 1. The van der Waals surface area contributed by atoms with E-state index in [0.717, 1.165) is 24.5 Å². The van der Waals surface area contributed by atoms with Crippen molar-refractivity contribution in [3.05, 3.63) is 35.2 Å². The van der Waals surface area contributed by atoms with Gasteiger partial charge >= 0.3 is 0 Å². The topological polar surface area (TPSA) is 32.3 Å². The first kappa shape index (κ1) is 14.9. The minimum atomic E-state index is 0.304. The molecular formula is C15H21NOS2. The van der Waals surface area contributed by atoms with Crippen molar-refractivity contribution in [3.63, 3.8) is 0 Å². The molecular weight excluding hydrogens is 274 g/mol. The summed E-state index contributed by atoms with van der Waals surface area (Å²) in [6.45, 7) is 3.55. The zero-order chi connectivity index (χ0) is 13.5. The fourth-order valence-corrected chi connectivity index (χ4v) is 3.82. The predicted octanol–water partition coefficient (Wildman–Crippen LogP) is 3.67. The largest absolute Gasteiger partial charge is 0.396 e. The number of nitrogens with one attached hydrogen (secondary N) is 1. The molecule has 0 saturated heterocycles. The van der Waals surface area contributed by atoms with Crippen LogP contribution in [-0.2, 0) is 0 Å². The van der Waals surface area contributed by atoms with E-state index >= 15 is 0 Å². The summed E-state index contributed by atoms with van der Waals surface area (Å²) < 4.78 is 1.36. The maximum absolute atomic E-state index is 8.70. The molecule has 0 spiro atoms. The Morgan fingerprint density at radius 3 is 2.95 bits per heavy atom. The Bertz CT molecular complexity index is 465. The van der Waals surface area contributed by atoms with Gasteiger partial charge in [0.05, 0.1) is 0 Å². The van der Waals surface area contributed by atoms with Crippen LogP contribution >= 0.6 is 23.1 Å². The number of hydrogen-bond acceptors (Lipinski definition) is 4. The molecule has 0 fully saturated rings. The molecule has 0 aliphatic heterocycles. The number of fused-ring (bicyclic) bond motifs is 1. The van der Waals surface area contributed by atoms with Crippen molar-refractivity contribution in [3.8, 4) is 0 Å². The van der Waals surface area contributed by atoms with Crippen LogP contribution in [0.4, 0.5) is 0 Å². The first-order valence-electron chi connectivity index (χ1n) is 6.71. The summed E-state index contributed by atoms with van der Waals surface area (Å²) in [5, 5.41) is 13.6. The normalized spacial score (nSPS) is 12.9. The highest BCUT2D eigenvalue weighted by Crippen LogP contribution is 2.29. The number of rotatable bonds is 8. The van der Waals surface area contributed by atoms with Crippen molar-refractivity contribution in [2.75, 3.05) is 24.7 Å². The molecule has 0 aliphatic rings. The van der Waals surface area contributed by atoms with Gasteiger partial charge in [0.25, 0.3) is 0 Å². The molecule has 1 unspecified atom stereocenters. The third-order valence-corrected chi connectivity index (χ3v) is 5.38. The van der Waals surface area contributed by atoms with Gasteiger partial charge in [0, 0.05) is 34.5 Å². The third-order valence-electron chi connectivity index (χ3n) is 3.02. The molecule has 2 rings (SSSR count). The lowest BCUT2D eigenvalue weighted by Crippen LogP contribution is -2.20. The molecule has 0 radical (unpaired) electrons. The van der Waals surface area contributed by atoms with Crippen LogP contribution in [0.1, 0.15) is 24.3 Å². The standard InChI is InChI=1S/C15H21NOS2/c1-12(16-7-10-18-9-4-8-17)15-11-13-5-2-3-6-14(13)19-15/h2-3,5-6,11-12,16-17H,4,7-10H2,1H3. The lowest BCUT2D eigenvalue weighted by molar-refractivity contribution is 0.296. The fourth-order valence-electron chi connectivity index (χ4n) is 1.93. The lowest BCUT2D eigenvalue weighted by atomic mass is 10.2. The summed E-state index contributed by atoms with van der Waals surface area (Å²) in [5.74, 6) is 2.16. The van der Waals surface area contributed by atoms with Gasteiger partial charge in [-0.1, -0.05) is 18.2 Å². The molecule has 4 heteroatoms. The average molecular weight is 295 g/mol. The van der Waals surface area contributed by atoms with Crippen LogP contribution in [0.2, 0.25) is 0 Å². The number of aliphatic hydroxyl groups excluding tert-OH is 1. The Hall–Kier alpha value is -0.550. The molecule has 19 heavy (non-hydrogen) atoms. The maximum Gasteiger partial charge on any atom is 0.0438 e. The minimum Gasteiger partial charge on any atom is -0.396 e. The van der Waals surface area contributed by atoms with E-state index in [-0.39, 0.29) is 0 Å². The van der Waals surface area contributed by atoms with Crippen LogP contribution < -0.4 is 5.32 Å². The van der Waals surface area contributed by atoms with Gasteiger partial charge in [0.2, 0.25) is 0 Å². The zero-order valence-corrected chi connectivity index (χ0v) is 12.9. The molecule has 0 amide bonds. The molecule has 2 N–H and O–H groups in total. The number of hydrogen-bond donors (Lipinski definition) is 2. The molecule has 2 nitrogen and oxygen atoms in total. The first-order chi connectivity index (χ1) is 9.31. The summed E-state index contributed by atoms with van der Waals surface area (Å²) >= 11 is 3.78. The molecule has 0 bridgehead atoms. The van der Waals surface area contributed by atoms with E-state index in [1.165, 1.54) is 15.0 Å². The highest BCUT2D eigenvalue weighted by atomic mass is 32.2. The predicted molar refractivity (Wildman–Crippen MR) is 87.3 cm³/mol. The van der Waals surface area contributed by atoms with Gasteiger partial charge < -0.3 is 10.4 Å². The molecule has 1 heterocycles. The average Bonchev–Trinajstić information content (AvgIpc) is 2.86. The maximum atomic E-state index is 8.70. The fraction of sp³-hybridized carbons (Fsp3) is 0.467. The van der Waals surface area contributed by atoms with Crippen LogP contribution in [0.15, 0.2) is 30.3 Å². The van der Waals surface area contributed by atoms with Crippen molar-refractivity contribution in [1.29, 1.82) is 0 Å². The van der Waals surface area contributed by atoms with Gasteiger partial charge in [0.1, 0.15) is 0 Å². The van der Waals surface area contributed by atoms with Gasteiger partial charge in [0.15, 0.2) is 0 Å². The van der Waals surface area contributed by atoms with Crippen molar-refractivity contribution < 1.29 is 5.11 Å². The smallest absolute Gasteiger partial charge is 0.0438 e. The Morgan fingerprint density at radius 2 is 2.16 bits per heavy atom. The summed E-state index contributed by atoms with van der Waals surface area (Å²) in [7, 11) is 0. The van der Waals surface area contributed by atoms with Gasteiger partial charge in [-0.2, -0.15) is 11.8 Å². The van der Waals surface area contributed by atoms with Crippen LogP contribution in [0.25, 0.3) is 10.1 Å². The molecule has 0 aliphatic carbocycles. The van der Waals surface area contributed by atoms with Crippen molar-refractivity contribution in [1.82, 2.24) is 5.32 Å². The molecule has 1 aromatic carbocycles. The van der Waals surface area contributed by atoms with E-state index < -0.39 is 0 Å². The van der Waals surface area contributed by atoms with Crippen LogP contribution in [0.3, 0.4) is 0 Å². The molecule has 0 saturated carbocycles. The third kappa shape index (κ3) is 4.49. The molecule has 1 aromatic heterocycles. The van der Waals surface area contributed by atoms with E-state index in [0.29, 0.717) is 12.6 Å². The molecule has 104 valence electrons. The van der Waals surface area contributed by atoms with Gasteiger partial charge in [-0.15, -0.1) is 11.3 Å². The highest BCUT2D eigenvalue weighted by molar-refractivity contribution is 7.99. The van der Waals surface area contributed by atoms with Crippen LogP contribution in [-0.4, -0.2) is 29.8 Å². The lowest BCUT2D eigenvalue weighted by Gasteiger charge is -2.11. The quantitative estimate of drug-likeness (QED) is 0.729. The summed E-state index contributed by atoms with van der Waals surface area (Å²) in [6.07, 6.45) is 0.899. The van der Waals surface area contributed by atoms with Crippen LogP contribution in [0, 0.1) is 0 Å². The van der Waals surface area contributed by atoms with E-state index in [2.05, 4.69) is 42.6 Å². The highest BCUT2D eigenvalue weighted by Gasteiger charge is 2.08. The first-order valence-corrected chi connectivity index (χ1v) is 8.69. The van der Waals surface area contributed by atoms with E-state index in [1.807, 2.05) is 23.1 Å². The minimum absolute atomic E-state index is 0.304. The number of thioether (sulfide) groups is 1.